The van der Waals surface area contributed by atoms with Gasteiger partial charge < -0.3 is 4.90 Å². The Morgan fingerprint density at radius 2 is 1.96 bits per heavy atom. The van der Waals surface area contributed by atoms with Crippen LogP contribution >= 0.6 is 27.3 Å². The second-order valence-electron chi connectivity index (χ2n) is 6.19. The van der Waals surface area contributed by atoms with Gasteiger partial charge in [0.2, 0.25) is 0 Å². The van der Waals surface area contributed by atoms with Crippen molar-refractivity contribution in [1.82, 2.24) is 9.80 Å². The van der Waals surface area contributed by atoms with Gasteiger partial charge in [-0.15, -0.1) is 11.3 Å². The number of carbonyl (C=O) groups is 1. The van der Waals surface area contributed by atoms with Gasteiger partial charge in [0.1, 0.15) is 0 Å². The van der Waals surface area contributed by atoms with Gasteiger partial charge in [0.25, 0.3) is 5.91 Å². The summed E-state index contributed by atoms with van der Waals surface area (Å²) in [4.78, 5) is 18.4. The van der Waals surface area contributed by atoms with E-state index in [2.05, 4.69) is 33.0 Å². The van der Waals surface area contributed by atoms with Crippen molar-refractivity contribution in [2.45, 2.75) is 12.3 Å². The molecule has 1 aromatic carbocycles. The molecule has 4 nitrogen and oxygen atoms in total. The predicted molar refractivity (Wildman–Crippen MR) is 107 cm³/mol. The third kappa shape index (κ3) is 5.23. The second-order valence-corrected chi connectivity index (χ2v) is 10.2. The fourth-order valence-electron chi connectivity index (χ4n) is 2.98. The van der Waals surface area contributed by atoms with Crippen LogP contribution in [-0.2, 0) is 23.1 Å². The Hall–Kier alpha value is -1.02. The van der Waals surface area contributed by atoms with Crippen molar-refractivity contribution in [3.63, 3.8) is 0 Å². The highest BCUT2D eigenvalue weighted by atomic mass is 79.9. The van der Waals surface area contributed by atoms with E-state index in [9.17, 15) is 9.00 Å². The lowest BCUT2D eigenvalue weighted by Gasteiger charge is -2.34. The molecule has 3 rings (SSSR count). The smallest absolute Gasteiger partial charge is 0.253 e. The summed E-state index contributed by atoms with van der Waals surface area (Å²) in [6, 6.07) is 11.8. The zero-order valence-electron chi connectivity index (χ0n) is 14.1. The lowest BCUT2D eigenvalue weighted by atomic mass is 10.1. The molecule has 7 heteroatoms. The van der Waals surface area contributed by atoms with Crippen LogP contribution in [0.1, 0.15) is 20.8 Å². The normalized spacial score (nSPS) is 16.8. The van der Waals surface area contributed by atoms with Crippen molar-refractivity contribution in [2.75, 3.05) is 32.4 Å². The van der Waals surface area contributed by atoms with Crippen molar-refractivity contribution >= 4 is 44.0 Å². The third-order valence-electron chi connectivity index (χ3n) is 4.21. The maximum Gasteiger partial charge on any atom is 0.253 e. The first-order valence-corrected chi connectivity index (χ1v) is 11.5. The minimum absolute atomic E-state index is 0.0715. The highest BCUT2D eigenvalue weighted by molar-refractivity contribution is 9.11. The van der Waals surface area contributed by atoms with Gasteiger partial charge in [-0.2, -0.15) is 0 Å². The van der Waals surface area contributed by atoms with Crippen LogP contribution in [0.25, 0.3) is 0 Å². The summed E-state index contributed by atoms with van der Waals surface area (Å²) in [6.07, 6.45) is 1.68. The van der Waals surface area contributed by atoms with E-state index in [0.717, 1.165) is 42.1 Å². The van der Waals surface area contributed by atoms with E-state index >= 15 is 0 Å². The molecule has 1 aliphatic heterocycles. The molecule has 2 aromatic rings. The fourth-order valence-corrected chi connectivity index (χ4v) is 5.15. The van der Waals surface area contributed by atoms with Crippen molar-refractivity contribution in [1.29, 1.82) is 0 Å². The number of hydrogen-bond donors (Lipinski definition) is 0. The highest BCUT2D eigenvalue weighted by Gasteiger charge is 2.22. The van der Waals surface area contributed by atoms with E-state index in [1.54, 1.807) is 17.6 Å². The molecule has 1 fully saturated rings. The topological polar surface area (TPSA) is 40.6 Å². The molecule has 134 valence electrons. The van der Waals surface area contributed by atoms with Gasteiger partial charge in [0, 0.05) is 66.0 Å². The molecule has 1 aromatic heterocycles. The third-order valence-corrected chi connectivity index (χ3v) is 6.56. The van der Waals surface area contributed by atoms with Crippen LogP contribution in [0.3, 0.4) is 0 Å². The number of halogens is 1. The first-order chi connectivity index (χ1) is 12.0. The van der Waals surface area contributed by atoms with Gasteiger partial charge in [0.15, 0.2) is 0 Å². The molecular weight excluding hydrogens is 420 g/mol. The first-order valence-electron chi connectivity index (χ1n) is 8.16. The summed E-state index contributed by atoms with van der Waals surface area (Å²) >= 11 is 5.26. The molecule has 1 aliphatic rings. The second kappa shape index (κ2) is 8.58. The molecule has 1 atom stereocenters. The Morgan fingerprint density at radius 3 is 2.60 bits per heavy atom. The molecule has 1 unspecified atom stereocenters. The number of amides is 1. The van der Waals surface area contributed by atoms with Crippen LogP contribution in [0.5, 0.6) is 0 Å². The van der Waals surface area contributed by atoms with E-state index in [-0.39, 0.29) is 5.91 Å². The lowest BCUT2D eigenvalue weighted by molar-refractivity contribution is 0.0629. The van der Waals surface area contributed by atoms with Gasteiger partial charge in [-0.25, -0.2) is 0 Å². The van der Waals surface area contributed by atoms with Crippen LogP contribution < -0.4 is 0 Å². The minimum atomic E-state index is -0.899. The molecule has 0 radical (unpaired) electrons. The maximum absolute atomic E-state index is 12.7. The van der Waals surface area contributed by atoms with Crippen molar-refractivity contribution < 1.29 is 9.00 Å². The van der Waals surface area contributed by atoms with Crippen molar-refractivity contribution in [3.8, 4) is 0 Å². The van der Waals surface area contributed by atoms with Crippen molar-refractivity contribution in [2.24, 2.45) is 0 Å². The summed E-state index contributed by atoms with van der Waals surface area (Å²) in [6.45, 7) is 4.21. The summed E-state index contributed by atoms with van der Waals surface area (Å²) in [5.41, 5.74) is 1.65. The molecule has 1 saturated heterocycles. The number of nitrogens with zero attached hydrogens (tertiary/aromatic N) is 2. The van der Waals surface area contributed by atoms with Gasteiger partial charge in [-0.05, 0) is 45.8 Å². The van der Waals surface area contributed by atoms with E-state index in [4.69, 9.17) is 0 Å². The molecule has 0 spiro atoms. The number of piperazine rings is 1. The zero-order chi connectivity index (χ0) is 17.8. The Balaban J connectivity index is 1.57. The lowest BCUT2D eigenvalue weighted by Crippen LogP contribution is -2.48. The number of rotatable bonds is 5. The van der Waals surface area contributed by atoms with E-state index in [0.29, 0.717) is 11.3 Å². The highest BCUT2D eigenvalue weighted by Crippen LogP contribution is 2.23. The molecule has 0 N–H and O–H groups in total. The largest absolute Gasteiger partial charge is 0.336 e. The van der Waals surface area contributed by atoms with Gasteiger partial charge in [-0.1, -0.05) is 12.1 Å². The van der Waals surface area contributed by atoms with Crippen LogP contribution in [0.4, 0.5) is 0 Å². The summed E-state index contributed by atoms with van der Waals surface area (Å²) in [5.74, 6) is 0.563. The average molecular weight is 441 g/mol. The van der Waals surface area contributed by atoms with Crippen LogP contribution in [0.2, 0.25) is 0 Å². The molecule has 25 heavy (non-hydrogen) atoms. The van der Waals surface area contributed by atoms with Crippen molar-refractivity contribution in [3.05, 3.63) is 56.2 Å². The number of thiophene rings is 1. The maximum atomic E-state index is 12.7. The fraction of sp³-hybridized carbons (Fsp3) is 0.389. The van der Waals surface area contributed by atoms with E-state index < -0.39 is 10.8 Å². The summed E-state index contributed by atoms with van der Waals surface area (Å²) in [7, 11) is -0.899. The van der Waals surface area contributed by atoms with Crippen LogP contribution in [0, 0.1) is 0 Å². The monoisotopic (exact) mass is 440 g/mol. The Morgan fingerprint density at radius 1 is 1.20 bits per heavy atom. The molecule has 0 bridgehead atoms. The van der Waals surface area contributed by atoms with Gasteiger partial charge in [-0.3, -0.25) is 13.9 Å². The van der Waals surface area contributed by atoms with E-state index in [1.165, 1.54) is 4.88 Å². The number of hydrogen-bond acceptors (Lipinski definition) is 4. The predicted octanol–water partition coefficient (Wildman–Crippen LogP) is 3.35. The number of benzene rings is 1. The first kappa shape index (κ1) is 18.8. The number of carbonyl (C=O) groups excluding carboxylic acids is 1. The standard InChI is InChI=1S/C18H21BrN2O2S2/c1-25(23)13-14-3-2-4-15(11-14)18(22)21-9-7-20(8-10-21)12-16-5-6-17(19)24-16/h2-6,11H,7-10,12-13H2,1H3. The van der Waals surface area contributed by atoms with Gasteiger partial charge >= 0.3 is 0 Å². The zero-order valence-corrected chi connectivity index (χ0v) is 17.3. The SMILES string of the molecule is CS(=O)Cc1cccc(C(=O)N2CCN(Cc3ccc(Br)s3)CC2)c1. The molecule has 0 aliphatic carbocycles. The Labute approximate surface area is 163 Å². The quantitative estimate of drug-likeness (QED) is 0.715. The Kier molecular flexibility index (Phi) is 6.44. The summed E-state index contributed by atoms with van der Waals surface area (Å²) in [5, 5.41) is 0. The Bertz CT molecular complexity index is 770. The average Bonchev–Trinajstić information content (AvgIpc) is 2.99. The summed E-state index contributed by atoms with van der Waals surface area (Å²) < 4.78 is 12.5. The van der Waals surface area contributed by atoms with Crippen LogP contribution in [0.15, 0.2) is 40.2 Å². The molecule has 1 amide bonds. The van der Waals surface area contributed by atoms with Crippen LogP contribution in [-0.4, -0.2) is 52.4 Å². The van der Waals surface area contributed by atoms with Gasteiger partial charge in [0.05, 0.1) is 3.79 Å². The molecule has 0 saturated carbocycles. The van der Waals surface area contributed by atoms with E-state index in [1.807, 2.05) is 29.2 Å². The molecule has 2 heterocycles. The minimum Gasteiger partial charge on any atom is -0.336 e. The molecular formula is C18H21BrN2O2S2.